The van der Waals surface area contributed by atoms with Crippen LogP contribution in [0.4, 0.5) is 11.5 Å². The first-order chi connectivity index (χ1) is 12.6. The highest BCUT2D eigenvalue weighted by Crippen LogP contribution is 2.30. The lowest BCUT2D eigenvalue weighted by Crippen LogP contribution is -2.32. The predicted molar refractivity (Wildman–Crippen MR) is 97.5 cm³/mol. The summed E-state index contributed by atoms with van der Waals surface area (Å²) in [5.74, 6) is 8.17. The van der Waals surface area contributed by atoms with Crippen LogP contribution in [0.2, 0.25) is 0 Å². The number of hydrogen-bond donors (Lipinski definition) is 2. The third kappa shape index (κ3) is 3.75. The Bertz CT molecular complexity index is 942. The van der Waals surface area contributed by atoms with Gasteiger partial charge in [-0.05, 0) is 24.3 Å². The molecule has 2 aromatic heterocycles. The molecule has 0 spiro atoms. The van der Waals surface area contributed by atoms with E-state index >= 15 is 0 Å². The number of nitrogens with two attached hydrogens (primary N) is 1. The van der Waals surface area contributed by atoms with E-state index in [0.29, 0.717) is 22.9 Å². The number of furan rings is 1. The van der Waals surface area contributed by atoms with E-state index in [1.165, 1.54) is 18.9 Å². The monoisotopic (exact) mass is 375 g/mol. The fraction of sp³-hybridized carbons (Fsp3) is 0.188. The molecule has 9 nitrogen and oxygen atoms in total. The van der Waals surface area contributed by atoms with Crippen LogP contribution >= 0.6 is 11.8 Å². The van der Waals surface area contributed by atoms with Crippen molar-refractivity contribution in [3.63, 3.8) is 0 Å². The van der Waals surface area contributed by atoms with Crippen LogP contribution in [0.1, 0.15) is 5.76 Å². The average molecular weight is 375 g/mol. The molecule has 26 heavy (non-hydrogen) atoms. The van der Waals surface area contributed by atoms with E-state index in [2.05, 4.69) is 15.5 Å². The fourth-order valence-corrected chi connectivity index (χ4v) is 2.90. The number of nitrogens with one attached hydrogen (secondary N) is 1. The van der Waals surface area contributed by atoms with Gasteiger partial charge < -0.3 is 25.1 Å². The summed E-state index contributed by atoms with van der Waals surface area (Å²) >= 11 is 1.25. The van der Waals surface area contributed by atoms with Crippen LogP contribution in [0.25, 0.3) is 0 Å². The van der Waals surface area contributed by atoms with Crippen molar-refractivity contribution >= 4 is 23.3 Å². The maximum atomic E-state index is 12.4. The molecular formula is C16H17N5O4S. The van der Waals surface area contributed by atoms with E-state index in [9.17, 15) is 4.79 Å². The highest BCUT2D eigenvalue weighted by atomic mass is 32.2. The minimum atomic E-state index is -0.503. The molecular weight excluding hydrogens is 358 g/mol. The molecule has 0 aliphatic carbocycles. The maximum absolute atomic E-state index is 12.4. The zero-order valence-electron chi connectivity index (χ0n) is 14.1. The summed E-state index contributed by atoms with van der Waals surface area (Å²) in [4.78, 5) is 12.4. The largest absolute Gasteiger partial charge is 0.493 e. The van der Waals surface area contributed by atoms with Gasteiger partial charge in [0, 0.05) is 11.8 Å². The van der Waals surface area contributed by atoms with Gasteiger partial charge in [-0.2, -0.15) is 4.68 Å². The number of aromatic nitrogens is 3. The van der Waals surface area contributed by atoms with Gasteiger partial charge in [-0.15, -0.1) is 10.2 Å². The van der Waals surface area contributed by atoms with E-state index in [1.807, 2.05) is 6.07 Å². The van der Waals surface area contributed by atoms with Crippen molar-refractivity contribution < 1.29 is 13.9 Å². The zero-order valence-corrected chi connectivity index (χ0v) is 14.9. The van der Waals surface area contributed by atoms with Gasteiger partial charge in [0.1, 0.15) is 5.76 Å². The van der Waals surface area contributed by atoms with Gasteiger partial charge in [-0.25, -0.2) is 0 Å². The number of methoxy groups -OCH3 is 2. The number of ether oxygens (including phenoxy) is 2. The van der Waals surface area contributed by atoms with E-state index in [4.69, 9.17) is 19.7 Å². The molecule has 3 N–H and O–H groups in total. The first kappa shape index (κ1) is 17.7. The summed E-state index contributed by atoms with van der Waals surface area (Å²) in [5.41, 5.74) is 0.0850. The van der Waals surface area contributed by atoms with E-state index in [1.54, 1.807) is 37.6 Å². The van der Waals surface area contributed by atoms with Gasteiger partial charge in [0.05, 0.1) is 26.2 Å². The number of thioether (sulfide) groups is 1. The van der Waals surface area contributed by atoms with Gasteiger partial charge in [-0.3, -0.25) is 4.79 Å². The summed E-state index contributed by atoms with van der Waals surface area (Å²) in [6, 6.07) is 8.73. The van der Waals surface area contributed by atoms with Gasteiger partial charge in [-0.1, -0.05) is 11.8 Å². The molecule has 1 aromatic carbocycles. The standard InChI is InChI=1S/C16H17N5O4S/c1-23-12-6-5-10(8-13(12)24-2)18-14-15(22)21(17)16(20-19-14)26-9-11-4-3-7-25-11/h3-8H,9,17H2,1-2H3,(H,18,19). The third-order valence-electron chi connectivity index (χ3n) is 3.43. The molecule has 0 fully saturated rings. The molecule has 0 saturated heterocycles. The Morgan fingerprint density at radius 3 is 2.73 bits per heavy atom. The van der Waals surface area contributed by atoms with Crippen molar-refractivity contribution in [3.05, 3.63) is 52.7 Å². The smallest absolute Gasteiger partial charge is 0.315 e. The molecule has 0 unspecified atom stereocenters. The summed E-state index contributed by atoms with van der Waals surface area (Å²) in [5, 5.41) is 11.1. The average Bonchev–Trinajstić information content (AvgIpc) is 3.18. The summed E-state index contributed by atoms with van der Waals surface area (Å²) < 4.78 is 16.6. The molecule has 0 atom stereocenters. The molecule has 0 amide bonds. The van der Waals surface area contributed by atoms with Gasteiger partial charge in [0.15, 0.2) is 11.5 Å². The molecule has 0 bridgehead atoms. The summed E-state index contributed by atoms with van der Waals surface area (Å²) in [6.07, 6.45) is 1.58. The number of benzene rings is 1. The van der Waals surface area contributed by atoms with Crippen LogP contribution < -0.4 is 26.2 Å². The SMILES string of the molecule is COc1ccc(Nc2nnc(SCc3ccco3)n(N)c2=O)cc1OC. The Morgan fingerprint density at radius 1 is 1.23 bits per heavy atom. The van der Waals surface area contributed by atoms with E-state index < -0.39 is 5.56 Å². The second-order valence-electron chi connectivity index (χ2n) is 5.07. The molecule has 2 heterocycles. The number of nitrogens with zero attached hydrogens (tertiary/aromatic N) is 3. The number of hydrogen-bond acceptors (Lipinski definition) is 9. The van der Waals surface area contributed by atoms with Crippen molar-refractivity contribution in [2.45, 2.75) is 10.9 Å². The Kier molecular flexibility index (Phi) is 5.32. The predicted octanol–water partition coefficient (Wildman–Crippen LogP) is 2.00. The highest BCUT2D eigenvalue weighted by Gasteiger charge is 2.13. The Balaban J connectivity index is 1.79. The Labute approximate surface area is 153 Å². The summed E-state index contributed by atoms with van der Waals surface area (Å²) in [6.45, 7) is 0. The molecule has 0 aliphatic heterocycles. The topological polar surface area (TPSA) is 117 Å². The molecule has 3 aromatic rings. The first-order valence-electron chi connectivity index (χ1n) is 7.51. The lowest BCUT2D eigenvalue weighted by atomic mass is 10.2. The van der Waals surface area contributed by atoms with Crippen LogP contribution in [0, 0.1) is 0 Å². The van der Waals surface area contributed by atoms with Crippen molar-refractivity contribution in [1.29, 1.82) is 0 Å². The van der Waals surface area contributed by atoms with Crippen molar-refractivity contribution in [1.82, 2.24) is 14.9 Å². The third-order valence-corrected chi connectivity index (χ3v) is 4.40. The molecule has 0 saturated carbocycles. The molecule has 0 aliphatic rings. The van der Waals surface area contributed by atoms with E-state index in [0.717, 1.165) is 10.4 Å². The van der Waals surface area contributed by atoms with Crippen LogP contribution in [-0.4, -0.2) is 29.1 Å². The maximum Gasteiger partial charge on any atom is 0.315 e. The van der Waals surface area contributed by atoms with E-state index in [-0.39, 0.29) is 11.0 Å². The molecule has 0 radical (unpaired) electrons. The lowest BCUT2D eigenvalue weighted by Gasteiger charge is -2.11. The molecule has 136 valence electrons. The minimum Gasteiger partial charge on any atom is -0.493 e. The minimum absolute atomic E-state index is 0.00192. The quantitative estimate of drug-likeness (QED) is 0.472. The number of rotatable bonds is 7. The normalized spacial score (nSPS) is 10.5. The first-order valence-corrected chi connectivity index (χ1v) is 8.50. The lowest BCUT2D eigenvalue weighted by molar-refractivity contribution is 0.355. The Hall–Kier alpha value is -3.14. The van der Waals surface area contributed by atoms with Crippen molar-refractivity contribution in [3.8, 4) is 11.5 Å². The fourth-order valence-electron chi connectivity index (χ4n) is 2.14. The number of anilines is 2. The van der Waals surface area contributed by atoms with Gasteiger partial charge in [0.25, 0.3) is 0 Å². The summed E-state index contributed by atoms with van der Waals surface area (Å²) in [7, 11) is 3.07. The highest BCUT2D eigenvalue weighted by molar-refractivity contribution is 7.98. The van der Waals surface area contributed by atoms with Crippen LogP contribution in [0.15, 0.2) is 51.0 Å². The van der Waals surface area contributed by atoms with Crippen LogP contribution in [-0.2, 0) is 5.75 Å². The second kappa shape index (κ2) is 7.83. The van der Waals surface area contributed by atoms with Crippen LogP contribution in [0.5, 0.6) is 11.5 Å². The second-order valence-corrected chi connectivity index (χ2v) is 6.01. The Morgan fingerprint density at radius 2 is 2.04 bits per heavy atom. The van der Waals surface area contributed by atoms with Crippen LogP contribution in [0.3, 0.4) is 0 Å². The zero-order chi connectivity index (χ0) is 18.5. The van der Waals surface area contributed by atoms with Gasteiger partial charge in [0.2, 0.25) is 11.0 Å². The van der Waals surface area contributed by atoms with Crippen molar-refractivity contribution in [2.24, 2.45) is 0 Å². The molecule has 3 rings (SSSR count). The van der Waals surface area contributed by atoms with Crippen molar-refractivity contribution in [2.75, 3.05) is 25.4 Å². The molecule has 10 heteroatoms. The number of nitrogen functional groups attached to an aromatic ring is 1. The van der Waals surface area contributed by atoms with Gasteiger partial charge >= 0.3 is 5.56 Å².